The zero-order valence-electron chi connectivity index (χ0n) is 12.4. The number of halogens is 2. The second kappa shape index (κ2) is 6.54. The van der Waals surface area contributed by atoms with E-state index in [4.69, 9.17) is 23.2 Å². The number of nitrogens with zero attached hydrogens (tertiary/aromatic N) is 1. The van der Waals surface area contributed by atoms with E-state index in [-0.39, 0.29) is 27.3 Å². The Balaban J connectivity index is 1.98. The maximum absolute atomic E-state index is 12.5. The summed E-state index contributed by atoms with van der Waals surface area (Å²) < 4.78 is 0. The number of carbonyl (C=O) groups excluding carboxylic acids is 1. The molecule has 3 rings (SSSR count). The van der Waals surface area contributed by atoms with Gasteiger partial charge in [0.05, 0.1) is 15.5 Å². The summed E-state index contributed by atoms with van der Waals surface area (Å²) in [6, 6.07) is 8.58. The third-order valence-electron chi connectivity index (χ3n) is 3.51. The lowest BCUT2D eigenvalue weighted by Crippen LogP contribution is -2.22. The molecule has 0 saturated heterocycles. The number of pyridine rings is 1. The molecule has 1 heterocycles. The van der Waals surface area contributed by atoms with Crippen molar-refractivity contribution in [1.29, 1.82) is 0 Å². The summed E-state index contributed by atoms with van der Waals surface area (Å²) in [6.07, 6.45) is 1.25. The van der Waals surface area contributed by atoms with Crippen molar-refractivity contribution in [2.75, 3.05) is 5.32 Å². The number of nitro groups is 1. The van der Waals surface area contributed by atoms with Crippen molar-refractivity contribution in [1.82, 2.24) is 4.98 Å². The molecule has 0 saturated carbocycles. The number of nitro benzene ring substituents is 1. The van der Waals surface area contributed by atoms with Gasteiger partial charge < -0.3 is 10.3 Å². The Morgan fingerprint density at radius 2 is 1.92 bits per heavy atom. The number of aromatic nitrogens is 1. The van der Waals surface area contributed by atoms with Crippen LogP contribution in [0.2, 0.25) is 10.0 Å². The molecule has 9 heteroatoms. The van der Waals surface area contributed by atoms with Crippen molar-refractivity contribution < 1.29 is 9.72 Å². The molecule has 0 aliphatic heterocycles. The monoisotopic (exact) mass is 377 g/mol. The molecule has 0 fully saturated rings. The molecule has 7 nitrogen and oxygen atoms in total. The minimum absolute atomic E-state index is 0.0545. The fraction of sp³-hybridized carbons (Fsp3) is 0. The van der Waals surface area contributed by atoms with E-state index in [1.165, 1.54) is 18.3 Å². The number of para-hydroxylation sites is 1. The maximum atomic E-state index is 12.5. The minimum atomic E-state index is -0.709. The lowest BCUT2D eigenvalue weighted by atomic mass is 10.1. The summed E-state index contributed by atoms with van der Waals surface area (Å²) >= 11 is 11.7. The molecule has 25 heavy (non-hydrogen) atoms. The average Bonchev–Trinajstić information content (AvgIpc) is 2.57. The maximum Gasteiger partial charge on any atom is 0.289 e. The first-order chi connectivity index (χ1) is 11.9. The predicted octanol–water partition coefficient (Wildman–Crippen LogP) is 4.00. The van der Waals surface area contributed by atoms with E-state index in [9.17, 15) is 19.7 Å². The third kappa shape index (κ3) is 3.19. The second-order valence-electron chi connectivity index (χ2n) is 5.07. The molecule has 0 atom stereocenters. The number of anilines is 1. The Morgan fingerprint density at radius 1 is 1.16 bits per heavy atom. The smallest absolute Gasteiger partial charge is 0.289 e. The van der Waals surface area contributed by atoms with Crippen LogP contribution in [0.4, 0.5) is 11.4 Å². The van der Waals surface area contributed by atoms with Gasteiger partial charge in [0.1, 0.15) is 10.6 Å². The largest absolute Gasteiger partial charge is 0.359 e. The highest BCUT2D eigenvalue weighted by Gasteiger charge is 2.17. The zero-order valence-corrected chi connectivity index (χ0v) is 13.9. The lowest BCUT2D eigenvalue weighted by molar-refractivity contribution is -0.384. The molecule has 2 aromatic carbocycles. The number of aromatic amines is 1. The van der Waals surface area contributed by atoms with Crippen molar-refractivity contribution in [2.24, 2.45) is 0 Å². The molecule has 0 aliphatic carbocycles. The molecule has 0 unspecified atom stereocenters. The van der Waals surface area contributed by atoms with Crippen molar-refractivity contribution in [3.63, 3.8) is 0 Å². The van der Waals surface area contributed by atoms with Crippen LogP contribution in [0, 0.1) is 10.1 Å². The molecular formula is C16H9Cl2N3O4. The van der Waals surface area contributed by atoms with Crippen LogP contribution in [0.1, 0.15) is 10.4 Å². The Bertz CT molecular complexity index is 1080. The number of benzene rings is 2. The van der Waals surface area contributed by atoms with Gasteiger partial charge in [0.25, 0.3) is 11.6 Å². The van der Waals surface area contributed by atoms with Gasteiger partial charge >= 0.3 is 0 Å². The highest BCUT2D eigenvalue weighted by atomic mass is 35.5. The van der Waals surface area contributed by atoms with Crippen LogP contribution in [0.15, 0.2) is 47.4 Å². The number of H-pyrrole nitrogens is 1. The number of fused-ring (bicyclic) bond motifs is 1. The molecule has 126 valence electrons. The van der Waals surface area contributed by atoms with Crippen LogP contribution in [-0.4, -0.2) is 15.8 Å². The van der Waals surface area contributed by atoms with E-state index in [0.717, 1.165) is 6.07 Å². The van der Waals surface area contributed by atoms with Crippen LogP contribution in [0.3, 0.4) is 0 Å². The summed E-state index contributed by atoms with van der Waals surface area (Å²) in [7, 11) is 0. The number of rotatable bonds is 3. The van der Waals surface area contributed by atoms with E-state index >= 15 is 0 Å². The average molecular weight is 378 g/mol. The summed E-state index contributed by atoms with van der Waals surface area (Å²) in [5.74, 6) is -0.709. The SMILES string of the molecule is O=C(Nc1ccc(Cl)c([N+](=O)[O-])c1)c1c[nH]c2c(Cl)cccc2c1=O. The van der Waals surface area contributed by atoms with Gasteiger partial charge in [-0.2, -0.15) is 0 Å². The first-order valence-corrected chi connectivity index (χ1v) is 7.69. The molecule has 2 N–H and O–H groups in total. The summed E-state index contributed by atoms with van der Waals surface area (Å²) in [6.45, 7) is 0. The first kappa shape index (κ1) is 16.9. The summed E-state index contributed by atoms with van der Waals surface area (Å²) in [5, 5.41) is 13.9. The number of amides is 1. The van der Waals surface area contributed by atoms with Crippen molar-refractivity contribution >= 4 is 51.4 Å². The van der Waals surface area contributed by atoms with E-state index in [0.29, 0.717) is 10.5 Å². The van der Waals surface area contributed by atoms with Gasteiger partial charge in [-0.15, -0.1) is 0 Å². The number of hydrogen-bond donors (Lipinski definition) is 2. The third-order valence-corrected chi connectivity index (χ3v) is 4.14. The summed E-state index contributed by atoms with van der Waals surface area (Å²) in [4.78, 5) is 37.9. The lowest BCUT2D eigenvalue weighted by Gasteiger charge is -2.07. The molecule has 1 aromatic heterocycles. The highest BCUT2D eigenvalue weighted by molar-refractivity contribution is 6.35. The van der Waals surface area contributed by atoms with E-state index < -0.39 is 16.3 Å². The van der Waals surface area contributed by atoms with Crippen LogP contribution in [0.5, 0.6) is 0 Å². The van der Waals surface area contributed by atoms with Crippen LogP contribution in [0.25, 0.3) is 10.9 Å². The summed E-state index contributed by atoms with van der Waals surface area (Å²) in [5.41, 5.74) is -0.428. The van der Waals surface area contributed by atoms with Crippen LogP contribution >= 0.6 is 23.2 Å². The Morgan fingerprint density at radius 3 is 2.64 bits per heavy atom. The van der Waals surface area contributed by atoms with E-state index in [2.05, 4.69) is 10.3 Å². The molecule has 0 radical (unpaired) electrons. The van der Waals surface area contributed by atoms with Crippen molar-refractivity contribution in [3.05, 3.63) is 78.5 Å². The van der Waals surface area contributed by atoms with Crippen LogP contribution in [-0.2, 0) is 0 Å². The standard InChI is InChI=1S/C16H9Cl2N3O4/c17-11-5-4-8(6-13(11)21(24)25)20-16(23)10-7-19-14-9(15(10)22)2-1-3-12(14)18/h1-7H,(H,19,22)(H,20,23). The van der Waals surface area contributed by atoms with Crippen molar-refractivity contribution in [2.45, 2.75) is 0 Å². The minimum Gasteiger partial charge on any atom is -0.359 e. The zero-order chi connectivity index (χ0) is 18.1. The Kier molecular flexibility index (Phi) is 4.43. The van der Waals surface area contributed by atoms with Gasteiger partial charge in [-0.1, -0.05) is 29.3 Å². The Labute approximate surface area is 150 Å². The number of hydrogen-bond acceptors (Lipinski definition) is 4. The van der Waals surface area contributed by atoms with Gasteiger partial charge in [-0.05, 0) is 24.3 Å². The highest BCUT2D eigenvalue weighted by Crippen LogP contribution is 2.27. The first-order valence-electron chi connectivity index (χ1n) is 6.93. The van der Waals surface area contributed by atoms with Gasteiger partial charge in [-0.3, -0.25) is 19.7 Å². The topological polar surface area (TPSA) is 105 Å². The second-order valence-corrected chi connectivity index (χ2v) is 5.89. The molecule has 3 aromatic rings. The van der Waals surface area contributed by atoms with Gasteiger partial charge in [-0.25, -0.2) is 0 Å². The van der Waals surface area contributed by atoms with Gasteiger partial charge in [0.15, 0.2) is 0 Å². The Hall–Kier alpha value is -2.90. The normalized spacial score (nSPS) is 10.6. The van der Waals surface area contributed by atoms with E-state index in [1.54, 1.807) is 18.2 Å². The molecular weight excluding hydrogens is 369 g/mol. The number of carbonyl (C=O) groups is 1. The van der Waals surface area contributed by atoms with Crippen molar-refractivity contribution in [3.8, 4) is 0 Å². The molecule has 0 spiro atoms. The predicted molar refractivity (Wildman–Crippen MR) is 95.6 cm³/mol. The van der Waals surface area contributed by atoms with Gasteiger partial charge in [0.2, 0.25) is 5.43 Å². The number of nitrogens with one attached hydrogen (secondary N) is 2. The fourth-order valence-corrected chi connectivity index (χ4v) is 2.73. The molecule has 1 amide bonds. The molecule has 0 bridgehead atoms. The van der Waals surface area contributed by atoms with Gasteiger partial charge in [0, 0.05) is 23.3 Å². The van der Waals surface area contributed by atoms with E-state index in [1.807, 2.05) is 0 Å². The molecule has 0 aliphatic rings. The fourth-order valence-electron chi connectivity index (χ4n) is 2.31. The quantitative estimate of drug-likeness (QED) is 0.531. The van der Waals surface area contributed by atoms with Crippen LogP contribution < -0.4 is 10.7 Å².